The Hall–Kier alpha value is -3.17. The quantitative estimate of drug-likeness (QED) is 0.356. The van der Waals surface area contributed by atoms with E-state index in [4.69, 9.17) is 0 Å². The highest BCUT2D eigenvalue weighted by Crippen LogP contribution is 2.44. The predicted octanol–water partition coefficient (Wildman–Crippen LogP) is 5.90. The Kier molecular flexibility index (Phi) is 7.85. The number of aromatic carboxylic acids is 1. The highest BCUT2D eigenvalue weighted by atomic mass is 32.2. The monoisotopic (exact) mass is 552 g/mol. The molecule has 200 valence electrons. The number of rotatable bonds is 7. The molecule has 0 radical (unpaired) electrons. The fourth-order valence-electron chi connectivity index (χ4n) is 5.97. The zero-order valence-corrected chi connectivity index (χ0v) is 23.0. The van der Waals surface area contributed by atoms with Gasteiger partial charge in [0, 0.05) is 17.3 Å². The average Bonchev–Trinajstić information content (AvgIpc) is 3.36. The van der Waals surface area contributed by atoms with Gasteiger partial charge in [-0.1, -0.05) is 67.3 Å². The molecule has 2 aromatic carbocycles. The first-order valence-corrected chi connectivity index (χ1v) is 15.0. The Morgan fingerprint density at radius 2 is 1.71 bits per heavy atom. The number of carboxylic acid groups (broad SMARTS) is 1. The Morgan fingerprint density at radius 3 is 2.34 bits per heavy atom. The van der Waals surface area contributed by atoms with Gasteiger partial charge in [-0.2, -0.15) is 0 Å². The number of hydrogen-bond acceptors (Lipinski definition) is 5. The van der Waals surface area contributed by atoms with Crippen LogP contribution in [0, 0.1) is 12.8 Å². The smallest absolute Gasteiger partial charge is 0.348 e. The Bertz CT molecular complexity index is 1370. The highest BCUT2D eigenvalue weighted by Gasteiger charge is 2.43. The average molecular weight is 553 g/mol. The molecule has 0 bridgehead atoms. The van der Waals surface area contributed by atoms with E-state index in [9.17, 15) is 23.1 Å². The van der Waals surface area contributed by atoms with Crippen molar-refractivity contribution in [3.8, 4) is 10.4 Å². The van der Waals surface area contributed by atoms with Gasteiger partial charge < -0.3 is 10.0 Å². The summed E-state index contributed by atoms with van der Waals surface area (Å²) < 4.78 is 26.3. The lowest BCUT2D eigenvalue weighted by molar-refractivity contribution is -0.121. The lowest BCUT2D eigenvalue weighted by atomic mass is 9.78. The third kappa shape index (κ3) is 5.35. The number of carboxylic acids is 1. The van der Waals surface area contributed by atoms with E-state index in [2.05, 4.69) is 0 Å². The van der Waals surface area contributed by atoms with Crippen molar-refractivity contribution in [3.63, 3.8) is 0 Å². The number of piperidine rings is 1. The summed E-state index contributed by atoms with van der Waals surface area (Å²) in [7, 11) is -2.97. The van der Waals surface area contributed by atoms with Crippen molar-refractivity contribution in [1.82, 2.24) is 0 Å². The number of anilines is 2. The van der Waals surface area contributed by atoms with Gasteiger partial charge >= 0.3 is 5.97 Å². The van der Waals surface area contributed by atoms with Crippen LogP contribution in [0.4, 0.5) is 11.4 Å². The molecule has 1 saturated heterocycles. The van der Waals surface area contributed by atoms with E-state index in [1.807, 2.05) is 55.5 Å². The number of hydrogen-bond donors (Lipinski definition) is 2. The van der Waals surface area contributed by atoms with Crippen LogP contribution in [0.5, 0.6) is 0 Å². The van der Waals surface area contributed by atoms with Crippen LogP contribution in [0.25, 0.3) is 10.4 Å². The molecule has 1 aliphatic heterocycles. The van der Waals surface area contributed by atoms with Crippen molar-refractivity contribution in [2.75, 3.05) is 9.21 Å². The molecule has 2 heterocycles. The van der Waals surface area contributed by atoms with Gasteiger partial charge in [0.15, 0.2) is 0 Å². The number of thiophene rings is 1. The van der Waals surface area contributed by atoms with Crippen LogP contribution < -0.4 is 9.21 Å². The second kappa shape index (κ2) is 11.3. The van der Waals surface area contributed by atoms with Gasteiger partial charge in [-0.25, -0.2) is 13.2 Å². The van der Waals surface area contributed by atoms with Crippen molar-refractivity contribution in [2.45, 2.75) is 64.0 Å². The Balaban J connectivity index is 1.56. The molecule has 1 saturated carbocycles. The summed E-state index contributed by atoms with van der Waals surface area (Å²) in [6.07, 6.45) is 5.57. The maximum Gasteiger partial charge on any atom is 0.348 e. The Labute approximate surface area is 228 Å². The molecule has 7 nitrogen and oxygen atoms in total. The minimum atomic E-state index is -2.97. The lowest BCUT2D eigenvalue weighted by Gasteiger charge is -2.46. The molecule has 1 aliphatic carbocycles. The summed E-state index contributed by atoms with van der Waals surface area (Å²) in [5, 5.41) is 10.1. The molecule has 2 fully saturated rings. The van der Waals surface area contributed by atoms with Crippen LogP contribution in [0.3, 0.4) is 0 Å². The first kappa shape index (κ1) is 26.4. The topological polar surface area (TPSA) is 95.0 Å². The molecule has 0 spiro atoms. The summed E-state index contributed by atoms with van der Waals surface area (Å²) in [6, 6.07) is 17.9. The molecule has 5 rings (SSSR count). The number of thiol groups is 1. The standard InChI is InChI=1S/C29H32N2O5S2/c1-19-12-14-22(15-13-19)31(38(35)36)23-16-24(20-8-4-2-5-9-20)30(27(32)17-23)25-18-26(37-28(25)29(33)34)21-10-6-3-7-11-21/h3,6-7,10-15,18,20,23-24,38H,2,4-5,8-9,16-17H2,1H3,(H,33,34)/t23-,24-/m1/s1. The van der Waals surface area contributed by atoms with Crippen molar-refractivity contribution in [3.05, 3.63) is 71.1 Å². The fraction of sp³-hybridized carbons (Fsp3) is 0.379. The third-order valence-electron chi connectivity index (χ3n) is 7.76. The van der Waals surface area contributed by atoms with Gasteiger partial charge in [0.2, 0.25) is 16.8 Å². The van der Waals surface area contributed by atoms with Crippen LogP contribution in [0.2, 0.25) is 0 Å². The number of aryl methyl sites for hydroxylation is 1. The lowest BCUT2D eigenvalue weighted by Crippen LogP contribution is -2.56. The summed E-state index contributed by atoms with van der Waals surface area (Å²) in [5.41, 5.74) is 2.90. The normalized spacial score (nSPS) is 20.6. The highest BCUT2D eigenvalue weighted by molar-refractivity contribution is 7.74. The largest absolute Gasteiger partial charge is 0.477 e. The summed E-state index contributed by atoms with van der Waals surface area (Å²) in [4.78, 5) is 28.9. The molecule has 9 heteroatoms. The molecule has 3 aromatic rings. The first-order valence-electron chi connectivity index (χ1n) is 13.1. The van der Waals surface area contributed by atoms with E-state index < -0.39 is 22.9 Å². The van der Waals surface area contributed by atoms with Gasteiger partial charge in [-0.3, -0.25) is 9.10 Å². The van der Waals surface area contributed by atoms with Gasteiger partial charge in [0.05, 0.1) is 17.4 Å². The summed E-state index contributed by atoms with van der Waals surface area (Å²) in [6.45, 7) is 1.94. The zero-order chi connectivity index (χ0) is 26.8. The number of carbonyl (C=O) groups excluding carboxylic acids is 1. The van der Waals surface area contributed by atoms with Crippen LogP contribution in [-0.2, 0) is 15.7 Å². The molecule has 1 aromatic heterocycles. The second-order valence-corrected chi connectivity index (χ2v) is 12.2. The molecule has 0 unspecified atom stereocenters. The SMILES string of the molecule is Cc1ccc(N([C@H]2CC(=O)N(c3cc(-c4ccccc4)sc3C(=O)O)[C@@H](C3CCCCC3)C2)[SH](=O)=O)cc1. The van der Waals surface area contributed by atoms with Crippen LogP contribution in [-0.4, -0.2) is 37.5 Å². The van der Waals surface area contributed by atoms with E-state index in [1.54, 1.807) is 17.0 Å². The molecular weight excluding hydrogens is 520 g/mol. The first-order chi connectivity index (χ1) is 18.3. The van der Waals surface area contributed by atoms with Gasteiger partial charge in [-0.15, -0.1) is 11.3 Å². The van der Waals surface area contributed by atoms with Crippen molar-refractivity contribution < 1.29 is 23.1 Å². The van der Waals surface area contributed by atoms with Gasteiger partial charge in [-0.05, 0) is 55.9 Å². The van der Waals surface area contributed by atoms with Crippen LogP contribution >= 0.6 is 11.3 Å². The molecule has 1 amide bonds. The maximum absolute atomic E-state index is 13.9. The summed E-state index contributed by atoms with van der Waals surface area (Å²) in [5.74, 6) is -1.11. The van der Waals surface area contributed by atoms with E-state index in [0.29, 0.717) is 17.8 Å². The van der Waals surface area contributed by atoms with Gasteiger partial charge in [0.1, 0.15) is 4.88 Å². The number of nitrogens with zero attached hydrogens (tertiary/aromatic N) is 2. The molecule has 2 atom stereocenters. The van der Waals surface area contributed by atoms with Crippen molar-refractivity contribution in [1.29, 1.82) is 0 Å². The number of amides is 1. The van der Waals surface area contributed by atoms with Crippen molar-refractivity contribution in [2.24, 2.45) is 5.92 Å². The Morgan fingerprint density at radius 1 is 1.03 bits per heavy atom. The molecular formula is C29H32N2O5S2. The minimum absolute atomic E-state index is 0.00398. The van der Waals surface area contributed by atoms with E-state index in [0.717, 1.165) is 48.1 Å². The van der Waals surface area contributed by atoms with E-state index in [1.165, 1.54) is 15.6 Å². The van der Waals surface area contributed by atoms with Crippen molar-refractivity contribution >= 4 is 45.5 Å². The molecule has 1 N–H and O–H groups in total. The third-order valence-corrected chi connectivity index (χ3v) is 9.83. The molecule has 2 aliphatic rings. The fourth-order valence-corrected chi connectivity index (χ4v) is 7.73. The zero-order valence-electron chi connectivity index (χ0n) is 21.3. The van der Waals surface area contributed by atoms with E-state index >= 15 is 0 Å². The van der Waals surface area contributed by atoms with E-state index in [-0.39, 0.29) is 29.2 Å². The second-order valence-electron chi connectivity index (χ2n) is 10.2. The summed E-state index contributed by atoms with van der Waals surface area (Å²) >= 11 is 1.17. The van der Waals surface area contributed by atoms with Crippen LogP contribution in [0.15, 0.2) is 60.7 Å². The predicted molar refractivity (Wildman–Crippen MR) is 152 cm³/mol. The number of carbonyl (C=O) groups is 2. The number of benzene rings is 2. The maximum atomic E-state index is 13.9. The molecule has 38 heavy (non-hydrogen) atoms. The minimum Gasteiger partial charge on any atom is -0.477 e. The van der Waals surface area contributed by atoms with Crippen LogP contribution in [0.1, 0.15) is 60.2 Å². The van der Waals surface area contributed by atoms with Gasteiger partial charge in [0.25, 0.3) is 0 Å².